The van der Waals surface area contributed by atoms with Crippen molar-refractivity contribution in [3.63, 3.8) is 0 Å². The highest BCUT2D eigenvalue weighted by Gasteiger charge is 2.12. The minimum Gasteiger partial charge on any atom is -0.387 e. The van der Waals surface area contributed by atoms with Gasteiger partial charge >= 0.3 is 0 Å². The number of rotatable bonds is 4. The van der Waals surface area contributed by atoms with E-state index in [1.807, 2.05) is 37.3 Å². The number of hydrogen-bond donors (Lipinski definition) is 2. The quantitative estimate of drug-likeness (QED) is 0.902. The van der Waals surface area contributed by atoms with Crippen LogP contribution in [-0.4, -0.2) is 17.6 Å². The van der Waals surface area contributed by atoms with Crippen molar-refractivity contribution in [3.8, 4) is 6.07 Å². The summed E-state index contributed by atoms with van der Waals surface area (Å²) in [6.45, 7) is 2.06. The van der Waals surface area contributed by atoms with E-state index in [1.165, 1.54) is 0 Å². The number of aryl methyl sites for hydroxylation is 1. The maximum atomic E-state index is 12.0. The number of benzene rings is 2. The van der Waals surface area contributed by atoms with E-state index < -0.39 is 6.10 Å². The third kappa shape index (κ3) is 3.68. The van der Waals surface area contributed by atoms with Gasteiger partial charge in [0.1, 0.15) is 0 Å². The smallest absolute Gasteiger partial charge is 0.251 e. The van der Waals surface area contributed by atoms with Gasteiger partial charge in [-0.1, -0.05) is 24.3 Å². The lowest BCUT2D eigenvalue weighted by atomic mass is 10.0. The Labute approximate surface area is 123 Å². The number of carbonyl (C=O) groups is 1. The number of nitrogens with zero attached hydrogens (tertiary/aromatic N) is 1. The fraction of sp³-hybridized carbons (Fsp3) is 0.176. The highest BCUT2D eigenvalue weighted by molar-refractivity contribution is 5.94. The van der Waals surface area contributed by atoms with E-state index in [0.29, 0.717) is 11.1 Å². The van der Waals surface area contributed by atoms with E-state index in [1.54, 1.807) is 24.3 Å². The number of hydrogen-bond acceptors (Lipinski definition) is 3. The Morgan fingerprint density at radius 3 is 2.52 bits per heavy atom. The first-order valence-corrected chi connectivity index (χ1v) is 6.64. The molecule has 0 spiro atoms. The van der Waals surface area contributed by atoms with Gasteiger partial charge in [0.2, 0.25) is 0 Å². The zero-order valence-corrected chi connectivity index (χ0v) is 11.7. The second kappa shape index (κ2) is 6.69. The minimum atomic E-state index is -0.742. The predicted octanol–water partition coefficient (Wildman–Crippen LogP) is 2.33. The molecule has 0 saturated carbocycles. The van der Waals surface area contributed by atoms with E-state index in [4.69, 9.17) is 5.26 Å². The van der Waals surface area contributed by atoms with Crippen molar-refractivity contribution in [2.24, 2.45) is 0 Å². The molecule has 4 nitrogen and oxygen atoms in total. The lowest BCUT2D eigenvalue weighted by Gasteiger charge is -2.14. The summed E-state index contributed by atoms with van der Waals surface area (Å²) in [4.78, 5) is 12.0. The van der Waals surface area contributed by atoms with Crippen LogP contribution in [0.15, 0.2) is 48.5 Å². The summed E-state index contributed by atoms with van der Waals surface area (Å²) < 4.78 is 0. The van der Waals surface area contributed by atoms with Crippen molar-refractivity contribution in [3.05, 3.63) is 70.8 Å². The Hall–Kier alpha value is -2.64. The van der Waals surface area contributed by atoms with Crippen LogP contribution < -0.4 is 5.32 Å². The van der Waals surface area contributed by atoms with E-state index in [9.17, 15) is 9.90 Å². The standard InChI is InChI=1S/C17H16N2O2/c1-12-4-2-3-5-15(12)16(20)11-19-17(21)14-8-6-13(10-18)7-9-14/h2-9,16,20H,11H2,1H3,(H,19,21). The zero-order valence-electron chi connectivity index (χ0n) is 11.7. The van der Waals surface area contributed by atoms with Gasteiger partial charge in [-0.25, -0.2) is 0 Å². The summed E-state index contributed by atoms with van der Waals surface area (Å²) >= 11 is 0. The number of aliphatic hydroxyl groups excluding tert-OH is 1. The first-order chi connectivity index (χ1) is 10.1. The van der Waals surface area contributed by atoms with Gasteiger partial charge in [0.15, 0.2) is 0 Å². The summed E-state index contributed by atoms with van der Waals surface area (Å²) in [7, 11) is 0. The molecule has 0 saturated heterocycles. The molecule has 106 valence electrons. The van der Waals surface area contributed by atoms with E-state index in [-0.39, 0.29) is 12.5 Å². The van der Waals surface area contributed by atoms with E-state index in [2.05, 4.69) is 5.32 Å². The van der Waals surface area contributed by atoms with Crippen LogP contribution in [0, 0.1) is 18.3 Å². The maximum Gasteiger partial charge on any atom is 0.251 e. The van der Waals surface area contributed by atoms with Gasteiger partial charge in [0.25, 0.3) is 5.91 Å². The van der Waals surface area contributed by atoms with Gasteiger partial charge in [0, 0.05) is 12.1 Å². The van der Waals surface area contributed by atoms with Gasteiger partial charge in [0.05, 0.1) is 17.7 Å². The van der Waals surface area contributed by atoms with Crippen molar-refractivity contribution in [1.29, 1.82) is 5.26 Å². The number of nitriles is 1. The molecule has 0 aliphatic rings. The van der Waals surface area contributed by atoms with Gasteiger partial charge in [-0.3, -0.25) is 4.79 Å². The molecule has 2 aromatic carbocycles. The molecule has 0 aliphatic carbocycles. The second-order valence-electron chi connectivity index (χ2n) is 4.77. The highest BCUT2D eigenvalue weighted by atomic mass is 16.3. The van der Waals surface area contributed by atoms with Crippen LogP contribution in [0.5, 0.6) is 0 Å². The van der Waals surface area contributed by atoms with Crippen LogP contribution in [-0.2, 0) is 0 Å². The molecule has 0 aromatic heterocycles. The van der Waals surface area contributed by atoms with Crippen molar-refractivity contribution in [1.82, 2.24) is 5.32 Å². The molecular formula is C17H16N2O2. The van der Waals surface area contributed by atoms with E-state index in [0.717, 1.165) is 11.1 Å². The molecule has 0 bridgehead atoms. The first-order valence-electron chi connectivity index (χ1n) is 6.64. The third-order valence-electron chi connectivity index (χ3n) is 3.28. The molecule has 1 atom stereocenters. The van der Waals surface area contributed by atoms with Crippen molar-refractivity contribution < 1.29 is 9.90 Å². The molecule has 0 radical (unpaired) electrons. The molecule has 2 rings (SSSR count). The van der Waals surface area contributed by atoms with Crippen molar-refractivity contribution in [2.45, 2.75) is 13.0 Å². The van der Waals surface area contributed by atoms with Crippen LogP contribution in [0.25, 0.3) is 0 Å². The topological polar surface area (TPSA) is 73.1 Å². The largest absolute Gasteiger partial charge is 0.387 e. The summed E-state index contributed by atoms with van der Waals surface area (Å²) in [5.41, 5.74) is 2.76. The van der Waals surface area contributed by atoms with Crippen LogP contribution in [0.4, 0.5) is 0 Å². The van der Waals surface area contributed by atoms with Crippen LogP contribution in [0.1, 0.15) is 33.2 Å². The summed E-state index contributed by atoms with van der Waals surface area (Å²) in [6, 6.07) is 15.9. The molecule has 2 aromatic rings. The molecule has 4 heteroatoms. The number of aliphatic hydroxyl groups is 1. The highest BCUT2D eigenvalue weighted by Crippen LogP contribution is 2.16. The summed E-state index contributed by atoms with van der Waals surface area (Å²) in [5.74, 6) is -0.271. The first kappa shape index (κ1) is 14.8. The fourth-order valence-corrected chi connectivity index (χ4v) is 2.06. The van der Waals surface area contributed by atoms with Crippen LogP contribution >= 0.6 is 0 Å². The number of carbonyl (C=O) groups excluding carboxylic acids is 1. The minimum absolute atomic E-state index is 0.143. The predicted molar refractivity (Wildman–Crippen MR) is 79.6 cm³/mol. The summed E-state index contributed by atoms with van der Waals surface area (Å²) in [6.07, 6.45) is -0.742. The van der Waals surface area contributed by atoms with Gasteiger partial charge in [-0.05, 0) is 42.3 Å². The van der Waals surface area contributed by atoms with Crippen LogP contribution in [0.2, 0.25) is 0 Å². The Balaban J connectivity index is 1.97. The Kier molecular flexibility index (Phi) is 4.70. The molecule has 1 unspecified atom stereocenters. The zero-order chi connectivity index (χ0) is 15.2. The Morgan fingerprint density at radius 2 is 1.90 bits per heavy atom. The molecule has 0 aliphatic heterocycles. The molecule has 21 heavy (non-hydrogen) atoms. The maximum absolute atomic E-state index is 12.0. The molecule has 2 N–H and O–H groups in total. The van der Waals surface area contributed by atoms with Crippen molar-refractivity contribution in [2.75, 3.05) is 6.54 Å². The lowest BCUT2D eigenvalue weighted by molar-refractivity contribution is 0.0916. The number of nitrogens with one attached hydrogen (secondary N) is 1. The van der Waals surface area contributed by atoms with Crippen molar-refractivity contribution >= 4 is 5.91 Å². The Morgan fingerprint density at radius 1 is 1.24 bits per heavy atom. The average Bonchev–Trinajstić information content (AvgIpc) is 2.52. The SMILES string of the molecule is Cc1ccccc1C(O)CNC(=O)c1ccc(C#N)cc1. The van der Waals surface area contributed by atoms with Gasteiger partial charge in [-0.2, -0.15) is 5.26 Å². The normalized spacial score (nSPS) is 11.5. The van der Waals surface area contributed by atoms with Crippen LogP contribution in [0.3, 0.4) is 0 Å². The lowest BCUT2D eigenvalue weighted by Crippen LogP contribution is -2.28. The average molecular weight is 280 g/mol. The molecular weight excluding hydrogens is 264 g/mol. The van der Waals surface area contributed by atoms with Gasteiger partial charge in [-0.15, -0.1) is 0 Å². The fourth-order valence-electron chi connectivity index (χ4n) is 2.06. The summed E-state index contributed by atoms with van der Waals surface area (Å²) in [5, 5.41) is 21.5. The van der Waals surface area contributed by atoms with E-state index >= 15 is 0 Å². The molecule has 0 fully saturated rings. The number of amides is 1. The second-order valence-corrected chi connectivity index (χ2v) is 4.77. The monoisotopic (exact) mass is 280 g/mol. The third-order valence-corrected chi connectivity index (χ3v) is 3.28. The Bertz CT molecular complexity index is 672. The molecule has 0 heterocycles. The van der Waals surface area contributed by atoms with Gasteiger partial charge < -0.3 is 10.4 Å². The molecule has 1 amide bonds.